The number of aromatic nitrogens is 1. The van der Waals surface area contributed by atoms with Gasteiger partial charge in [0.05, 0.1) is 24.4 Å². The first-order valence-corrected chi connectivity index (χ1v) is 24.6. The van der Waals surface area contributed by atoms with Gasteiger partial charge in [0.25, 0.3) is 11.7 Å². The molecule has 2 aromatic rings. The van der Waals surface area contributed by atoms with E-state index in [1.54, 1.807) is 28.3 Å². The van der Waals surface area contributed by atoms with Gasteiger partial charge in [0.2, 0.25) is 5.79 Å². The molecule has 4 heterocycles. The standard InChI is InChI=1S/C53H79N3O10/c1-12-38-26-32(2)25-33(3)27-46(63-10)49-47(64-11)29-36(6)53(61,66-49)50(58)51(59)56-23-14-13-15-43(56)52(60)65-48(34(4)16-21-44(38)57)35(5)28-37-17-19-42(45(30-37)62-9)55(8)40-18-20-41-39(31-40)22-24-54(41)7/h18,20,22,24,26,28,31,33-34,36-38,42-43,45-49,61H,12-17,19,21,23,25,27,29-30H2,1-11H3/b32-26+,35-28?. The van der Waals surface area contributed by atoms with E-state index in [-0.39, 0.29) is 54.6 Å². The maximum atomic E-state index is 14.6. The van der Waals surface area contributed by atoms with E-state index in [1.165, 1.54) is 15.8 Å². The lowest BCUT2D eigenvalue weighted by molar-refractivity contribution is -0.302. The fraction of sp³-hybridized carbons (Fsp3) is 0.698. The number of anilines is 1. The van der Waals surface area contributed by atoms with Crippen LogP contribution in [0, 0.1) is 29.6 Å². The molecule has 6 rings (SSSR count). The number of benzene rings is 1. The van der Waals surface area contributed by atoms with Crippen molar-refractivity contribution in [2.45, 2.75) is 167 Å². The van der Waals surface area contributed by atoms with Crippen LogP contribution in [0.1, 0.15) is 119 Å². The van der Waals surface area contributed by atoms with Crippen LogP contribution >= 0.6 is 0 Å². The number of esters is 1. The Hall–Kier alpha value is -3.88. The molecular weight excluding hydrogens is 839 g/mol. The normalized spacial score (nSPS) is 36.0. The highest BCUT2D eigenvalue weighted by Gasteiger charge is 2.56. The average Bonchev–Trinajstić information content (AvgIpc) is 3.69. The second-order valence-electron chi connectivity index (χ2n) is 20.3. The van der Waals surface area contributed by atoms with Crippen molar-refractivity contribution in [2.75, 3.05) is 39.8 Å². The molecule has 1 aromatic carbocycles. The zero-order chi connectivity index (χ0) is 48.0. The molecule has 13 heteroatoms. The van der Waals surface area contributed by atoms with Gasteiger partial charge in [-0.1, -0.05) is 45.4 Å². The van der Waals surface area contributed by atoms with Gasteiger partial charge in [-0.25, -0.2) is 4.79 Å². The molecule has 3 fully saturated rings. The number of carbonyl (C=O) groups is 4. The number of piperidine rings is 1. The summed E-state index contributed by atoms with van der Waals surface area (Å²) in [6.45, 7) is 12.0. The number of ketones is 2. The lowest BCUT2D eigenvalue weighted by Crippen LogP contribution is -2.64. The van der Waals surface area contributed by atoms with E-state index >= 15 is 0 Å². The quantitative estimate of drug-likeness (QED) is 0.156. The van der Waals surface area contributed by atoms with E-state index in [0.29, 0.717) is 51.4 Å². The van der Waals surface area contributed by atoms with Gasteiger partial charge >= 0.3 is 5.97 Å². The third-order valence-corrected chi connectivity index (χ3v) is 15.5. The number of allylic oxidation sites excluding steroid dienone is 3. The number of hydrogen-bond acceptors (Lipinski definition) is 11. The van der Waals surface area contributed by atoms with Gasteiger partial charge in [-0.3, -0.25) is 14.4 Å². The number of fused-ring (bicyclic) bond motifs is 4. The number of rotatable bonds is 8. The molecule has 366 valence electrons. The molecule has 13 unspecified atom stereocenters. The van der Waals surface area contributed by atoms with Crippen molar-refractivity contribution >= 4 is 40.0 Å². The summed E-state index contributed by atoms with van der Waals surface area (Å²) in [5, 5.41) is 13.3. The van der Waals surface area contributed by atoms with E-state index in [2.05, 4.69) is 73.1 Å². The van der Waals surface area contributed by atoms with E-state index in [0.717, 1.165) is 36.1 Å². The highest BCUT2D eigenvalue weighted by Crippen LogP contribution is 2.40. The molecule has 4 aliphatic rings. The van der Waals surface area contributed by atoms with Crippen LogP contribution in [0.2, 0.25) is 0 Å². The molecule has 0 radical (unpaired) electrons. The Bertz CT molecular complexity index is 2080. The van der Waals surface area contributed by atoms with Crippen molar-refractivity contribution in [1.29, 1.82) is 0 Å². The molecule has 2 bridgehead atoms. The molecule has 1 amide bonds. The molecule has 1 N–H and O–H groups in total. The summed E-state index contributed by atoms with van der Waals surface area (Å²) >= 11 is 0. The van der Waals surface area contributed by atoms with Gasteiger partial charge in [0.15, 0.2) is 0 Å². The lowest BCUT2D eigenvalue weighted by Gasteiger charge is -2.47. The molecule has 1 aliphatic carbocycles. The topological polar surface area (TPSA) is 146 Å². The highest BCUT2D eigenvalue weighted by molar-refractivity contribution is 6.39. The Morgan fingerprint density at radius 3 is 2.35 bits per heavy atom. The van der Waals surface area contributed by atoms with Crippen molar-refractivity contribution in [3.8, 4) is 0 Å². The lowest BCUT2D eigenvalue weighted by atomic mass is 9.80. The van der Waals surface area contributed by atoms with Gasteiger partial charge in [0.1, 0.15) is 24.0 Å². The Morgan fingerprint density at radius 2 is 1.65 bits per heavy atom. The van der Waals surface area contributed by atoms with Crippen LogP contribution in [-0.4, -0.2) is 121 Å². The minimum absolute atomic E-state index is 0.0449. The van der Waals surface area contributed by atoms with Crippen LogP contribution in [0.25, 0.3) is 10.9 Å². The van der Waals surface area contributed by atoms with E-state index < -0.39 is 59.8 Å². The summed E-state index contributed by atoms with van der Waals surface area (Å²) in [5.41, 5.74) is 4.30. The molecule has 3 aliphatic heterocycles. The summed E-state index contributed by atoms with van der Waals surface area (Å²) in [7, 11) is 9.09. The van der Waals surface area contributed by atoms with E-state index in [4.69, 9.17) is 23.7 Å². The Labute approximate surface area is 393 Å². The molecular formula is C53H79N3O10. The fourth-order valence-corrected chi connectivity index (χ4v) is 11.5. The number of hydrogen-bond donors (Lipinski definition) is 1. The van der Waals surface area contributed by atoms with Gasteiger partial charge in [-0.2, -0.15) is 0 Å². The first-order chi connectivity index (χ1) is 31.4. The second kappa shape index (κ2) is 22.5. The van der Waals surface area contributed by atoms with Gasteiger partial charge in [-0.05, 0) is 132 Å². The molecule has 1 saturated carbocycles. The first kappa shape index (κ1) is 51.5. The monoisotopic (exact) mass is 918 g/mol. The molecule has 1 aromatic heterocycles. The number of Topliss-reactive ketones (excluding diaryl/α,β-unsaturated/α-hetero) is 2. The molecule has 2 saturated heterocycles. The Morgan fingerprint density at radius 1 is 0.939 bits per heavy atom. The fourth-order valence-electron chi connectivity index (χ4n) is 11.5. The number of aliphatic hydroxyl groups is 1. The second-order valence-corrected chi connectivity index (χ2v) is 20.3. The van der Waals surface area contributed by atoms with Gasteiger partial charge in [0, 0.05) is 83.0 Å². The minimum Gasteiger partial charge on any atom is -0.456 e. The third-order valence-electron chi connectivity index (χ3n) is 15.5. The van der Waals surface area contributed by atoms with E-state index in [1.807, 2.05) is 27.7 Å². The first-order valence-electron chi connectivity index (χ1n) is 24.6. The molecule has 13 atom stereocenters. The van der Waals surface area contributed by atoms with Crippen molar-refractivity contribution < 1.29 is 48.0 Å². The number of aryl methyl sites for hydroxylation is 1. The smallest absolute Gasteiger partial charge is 0.329 e. The summed E-state index contributed by atoms with van der Waals surface area (Å²) in [6, 6.07) is 7.82. The van der Waals surface area contributed by atoms with Crippen molar-refractivity contribution in [2.24, 2.45) is 36.6 Å². The minimum atomic E-state index is -2.47. The van der Waals surface area contributed by atoms with Crippen LogP contribution in [0.15, 0.2) is 53.8 Å². The van der Waals surface area contributed by atoms with Crippen molar-refractivity contribution in [3.63, 3.8) is 0 Å². The number of likely N-dealkylation sites (N-methyl/N-ethyl adjacent to an activating group) is 1. The van der Waals surface area contributed by atoms with Crippen LogP contribution in [-0.2, 0) is 49.9 Å². The van der Waals surface area contributed by atoms with Crippen LogP contribution in [0.5, 0.6) is 0 Å². The maximum absolute atomic E-state index is 14.6. The summed E-state index contributed by atoms with van der Waals surface area (Å²) < 4.78 is 33.0. The zero-order valence-electron chi connectivity index (χ0n) is 41.6. The number of nitrogens with zero attached hydrogens (tertiary/aromatic N) is 3. The van der Waals surface area contributed by atoms with Crippen molar-refractivity contribution in [3.05, 3.63) is 53.8 Å². The number of cyclic esters (lactones) is 1. The third kappa shape index (κ3) is 11.3. The van der Waals surface area contributed by atoms with Gasteiger partial charge < -0.3 is 43.2 Å². The summed E-state index contributed by atoms with van der Waals surface area (Å²) in [4.78, 5) is 60.9. The number of methoxy groups -OCH3 is 3. The molecule has 0 spiro atoms. The summed E-state index contributed by atoms with van der Waals surface area (Å²) in [6.07, 6.45) is 10.8. The summed E-state index contributed by atoms with van der Waals surface area (Å²) in [5.74, 6) is -6.05. The van der Waals surface area contributed by atoms with Crippen LogP contribution in [0.4, 0.5) is 5.69 Å². The predicted octanol–water partition coefficient (Wildman–Crippen LogP) is 8.14. The Kier molecular flexibility index (Phi) is 17.5. The van der Waals surface area contributed by atoms with Gasteiger partial charge in [-0.15, -0.1) is 0 Å². The molecule has 13 nitrogen and oxygen atoms in total. The maximum Gasteiger partial charge on any atom is 0.329 e. The zero-order valence-corrected chi connectivity index (χ0v) is 41.6. The van der Waals surface area contributed by atoms with Crippen LogP contribution in [0.3, 0.4) is 0 Å². The largest absolute Gasteiger partial charge is 0.456 e. The predicted molar refractivity (Wildman–Crippen MR) is 256 cm³/mol. The number of amides is 1. The number of carbonyl (C=O) groups excluding carboxylic acids is 4. The Balaban J connectivity index is 1.29. The average molecular weight is 918 g/mol. The van der Waals surface area contributed by atoms with Crippen molar-refractivity contribution in [1.82, 2.24) is 9.47 Å². The molecule has 66 heavy (non-hydrogen) atoms. The van der Waals surface area contributed by atoms with Crippen LogP contribution < -0.4 is 4.90 Å². The number of ether oxygens (including phenoxy) is 5. The SMILES string of the molecule is CCC1/C=C(\C)CC(C)CC(OC)C2OC(O)(C(=O)C(=O)N3CCCCC3C(=O)OC(C(C)=CC3CCC(N(C)c4ccc5c(ccn5C)c4)C(OC)C3)C(C)CCC1=O)C(C)CC2OC. The van der Waals surface area contributed by atoms with E-state index in [9.17, 15) is 24.3 Å². The highest BCUT2D eigenvalue weighted by atomic mass is 16.7.